The molecule has 3 rings (SSSR count). The minimum Gasteiger partial charge on any atom is -0.312 e. The Bertz CT molecular complexity index is 702. The molecule has 0 saturated carbocycles. The largest absolute Gasteiger partial charge is 0.312 e. The van der Waals surface area contributed by atoms with Crippen molar-refractivity contribution in [1.82, 2.24) is 0 Å². The van der Waals surface area contributed by atoms with Crippen LogP contribution in [0.15, 0.2) is 48.5 Å². The van der Waals surface area contributed by atoms with Gasteiger partial charge in [0, 0.05) is 12.2 Å². The number of nitrogens with zero attached hydrogens (tertiary/aromatic N) is 1. The predicted octanol–water partition coefficient (Wildman–Crippen LogP) is 4.97. The highest BCUT2D eigenvalue weighted by Gasteiger charge is 2.26. The first-order valence-corrected chi connectivity index (χ1v) is 9.04. The van der Waals surface area contributed by atoms with Gasteiger partial charge in [0.05, 0.1) is 5.92 Å². The second kappa shape index (κ2) is 7.21. The minimum atomic E-state index is -0.107. The van der Waals surface area contributed by atoms with Crippen molar-refractivity contribution in [1.29, 1.82) is 0 Å². The molecular formula is C22H27NO. The molecule has 1 amide bonds. The van der Waals surface area contributed by atoms with E-state index in [1.807, 2.05) is 17.9 Å². The summed E-state index contributed by atoms with van der Waals surface area (Å²) in [5, 5.41) is 0. The van der Waals surface area contributed by atoms with Crippen molar-refractivity contribution in [2.75, 3.05) is 11.4 Å². The van der Waals surface area contributed by atoms with Crippen LogP contribution >= 0.6 is 0 Å². The molecule has 1 atom stereocenters. The Morgan fingerprint density at radius 2 is 1.75 bits per heavy atom. The molecule has 2 heteroatoms. The molecule has 0 aromatic heterocycles. The van der Waals surface area contributed by atoms with Crippen LogP contribution in [0.5, 0.6) is 0 Å². The maximum atomic E-state index is 13.0. The van der Waals surface area contributed by atoms with Crippen LogP contribution in [0.25, 0.3) is 0 Å². The fourth-order valence-electron chi connectivity index (χ4n) is 3.55. The molecule has 2 aromatic rings. The van der Waals surface area contributed by atoms with Gasteiger partial charge in [0.25, 0.3) is 0 Å². The molecule has 1 heterocycles. The number of amides is 1. The number of carbonyl (C=O) groups excluding carboxylic acids is 1. The van der Waals surface area contributed by atoms with Gasteiger partial charge in [0.1, 0.15) is 0 Å². The van der Waals surface area contributed by atoms with Gasteiger partial charge in [-0.25, -0.2) is 0 Å². The van der Waals surface area contributed by atoms with Crippen molar-refractivity contribution in [2.45, 2.75) is 46.0 Å². The van der Waals surface area contributed by atoms with Crippen LogP contribution in [0.1, 0.15) is 49.8 Å². The number of rotatable bonds is 4. The number of aryl methyl sites for hydroxylation is 1. The number of fused-ring (bicyclic) bond motifs is 1. The molecule has 1 unspecified atom stereocenters. The summed E-state index contributed by atoms with van der Waals surface area (Å²) in [5.74, 6) is 0.753. The van der Waals surface area contributed by atoms with E-state index in [0.717, 1.165) is 37.1 Å². The first kappa shape index (κ1) is 16.8. The molecule has 0 aliphatic carbocycles. The molecule has 24 heavy (non-hydrogen) atoms. The van der Waals surface area contributed by atoms with Gasteiger partial charge in [-0.05, 0) is 54.9 Å². The van der Waals surface area contributed by atoms with Crippen LogP contribution in [-0.2, 0) is 17.6 Å². The van der Waals surface area contributed by atoms with Crippen molar-refractivity contribution in [2.24, 2.45) is 5.92 Å². The molecule has 0 N–H and O–H groups in total. The van der Waals surface area contributed by atoms with E-state index in [9.17, 15) is 4.79 Å². The number of anilines is 1. The number of para-hydroxylation sites is 1. The van der Waals surface area contributed by atoms with Gasteiger partial charge in [0.15, 0.2) is 0 Å². The number of hydrogen-bond donors (Lipinski definition) is 0. The summed E-state index contributed by atoms with van der Waals surface area (Å²) in [5.41, 5.74) is 4.83. The summed E-state index contributed by atoms with van der Waals surface area (Å²) in [7, 11) is 0. The van der Waals surface area contributed by atoms with Gasteiger partial charge in [-0.15, -0.1) is 0 Å². The number of benzene rings is 2. The van der Waals surface area contributed by atoms with Gasteiger partial charge in [-0.3, -0.25) is 4.79 Å². The summed E-state index contributed by atoms with van der Waals surface area (Å²) in [6, 6.07) is 16.9. The van der Waals surface area contributed by atoms with E-state index in [1.54, 1.807) is 0 Å². The van der Waals surface area contributed by atoms with E-state index in [2.05, 4.69) is 56.3 Å². The SMILES string of the molecule is CC(C)Cc1ccc(C(C)C(=O)N2CCCc3ccccc32)cc1. The maximum Gasteiger partial charge on any atom is 0.234 e. The fourth-order valence-corrected chi connectivity index (χ4v) is 3.55. The van der Waals surface area contributed by atoms with Gasteiger partial charge >= 0.3 is 0 Å². The molecule has 1 aliphatic rings. The van der Waals surface area contributed by atoms with Crippen molar-refractivity contribution < 1.29 is 4.79 Å². The van der Waals surface area contributed by atoms with Crippen molar-refractivity contribution in [3.05, 3.63) is 65.2 Å². The Kier molecular flexibility index (Phi) is 5.03. The van der Waals surface area contributed by atoms with Crippen molar-refractivity contribution in [3.63, 3.8) is 0 Å². The second-order valence-electron chi connectivity index (χ2n) is 7.28. The van der Waals surface area contributed by atoms with Crippen LogP contribution in [0, 0.1) is 5.92 Å². The molecule has 0 bridgehead atoms. The molecule has 0 fully saturated rings. The first-order valence-electron chi connectivity index (χ1n) is 9.04. The lowest BCUT2D eigenvalue weighted by atomic mass is 9.94. The van der Waals surface area contributed by atoms with Gasteiger partial charge < -0.3 is 4.90 Å². The van der Waals surface area contributed by atoms with Gasteiger partial charge in [-0.1, -0.05) is 56.3 Å². The third-order valence-electron chi connectivity index (χ3n) is 4.87. The van der Waals surface area contributed by atoms with Crippen LogP contribution in [-0.4, -0.2) is 12.5 Å². The van der Waals surface area contributed by atoms with E-state index in [1.165, 1.54) is 11.1 Å². The van der Waals surface area contributed by atoms with Crippen LogP contribution in [0.3, 0.4) is 0 Å². The minimum absolute atomic E-state index is 0.107. The third kappa shape index (κ3) is 3.53. The summed E-state index contributed by atoms with van der Waals surface area (Å²) in [6.45, 7) is 7.31. The Morgan fingerprint density at radius 1 is 1.04 bits per heavy atom. The highest BCUT2D eigenvalue weighted by atomic mass is 16.2. The number of hydrogen-bond acceptors (Lipinski definition) is 1. The summed E-state index contributed by atoms with van der Waals surface area (Å²) in [4.78, 5) is 15.0. The second-order valence-corrected chi connectivity index (χ2v) is 7.28. The van der Waals surface area contributed by atoms with E-state index < -0.39 is 0 Å². The molecule has 2 aromatic carbocycles. The summed E-state index contributed by atoms with van der Waals surface area (Å²) in [6.07, 6.45) is 3.20. The molecule has 126 valence electrons. The predicted molar refractivity (Wildman–Crippen MR) is 101 cm³/mol. The topological polar surface area (TPSA) is 20.3 Å². The average molecular weight is 321 g/mol. The molecule has 1 aliphatic heterocycles. The van der Waals surface area contributed by atoms with Crippen molar-refractivity contribution in [3.8, 4) is 0 Å². The normalized spacial score (nSPS) is 15.2. The third-order valence-corrected chi connectivity index (χ3v) is 4.87. The number of carbonyl (C=O) groups is 1. The van der Waals surface area contributed by atoms with Crippen molar-refractivity contribution >= 4 is 11.6 Å². The lowest BCUT2D eigenvalue weighted by Crippen LogP contribution is -2.38. The Labute approximate surface area is 145 Å². The zero-order valence-electron chi connectivity index (χ0n) is 15.0. The van der Waals surface area contributed by atoms with E-state index in [4.69, 9.17) is 0 Å². The maximum absolute atomic E-state index is 13.0. The molecule has 0 saturated heterocycles. The lowest BCUT2D eigenvalue weighted by Gasteiger charge is -2.31. The summed E-state index contributed by atoms with van der Waals surface area (Å²) < 4.78 is 0. The first-order chi connectivity index (χ1) is 11.6. The highest BCUT2D eigenvalue weighted by Crippen LogP contribution is 2.30. The van der Waals surface area contributed by atoms with E-state index in [0.29, 0.717) is 5.92 Å². The van der Waals surface area contributed by atoms with E-state index in [-0.39, 0.29) is 11.8 Å². The summed E-state index contributed by atoms with van der Waals surface area (Å²) >= 11 is 0. The van der Waals surface area contributed by atoms with Gasteiger partial charge in [0.2, 0.25) is 5.91 Å². The standard InChI is InChI=1S/C22H27NO/c1-16(2)15-18-10-12-19(13-11-18)17(3)22(24)23-14-6-8-20-7-4-5-9-21(20)23/h4-5,7,9-13,16-17H,6,8,14-15H2,1-3H3. The average Bonchev–Trinajstić information content (AvgIpc) is 2.60. The molecular weight excluding hydrogens is 294 g/mol. The molecule has 0 radical (unpaired) electrons. The fraction of sp³-hybridized carbons (Fsp3) is 0.409. The molecule has 2 nitrogen and oxygen atoms in total. The zero-order chi connectivity index (χ0) is 17.1. The monoisotopic (exact) mass is 321 g/mol. The van der Waals surface area contributed by atoms with E-state index >= 15 is 0 Å². The lowest BCUT2D eigenvalue weighted by molar-refractivity contribution is -0.119. The molecule has 0 spiro atoms. The smallest absolute Gasteiger partial charge is 0.234 e. The highest BCUT2D eigenvalue weighted by molar-refractivity contribution is 5.98. The Hall–Kier alpha value is -2.09. The van der Waals surface area contributed by atoms with Crippen LogP contribution < -0.4 is 4.90 Å². The van der Waals surface area contributed by atoms with Crippen LogP contribution in [0.2, 0.25) is 0 Å². The quantitative estimate of drug-likeness (QED) is 0.778. The zero-order valence-corrected chi connectivity index (χ0v) is 15.0. The Balaban J connectivity index is 1.78. The van der Waals surface area contributed by atoms with Crippen LogP contribution in [0.4, 0.5) is 5.69 Å². The van der Waals surface area contributed by atoms with Gasteiger partial charge in [-0.2, -0.15) is 0 Å². The Morgan fingerprint density at radius 3 is 2.46 bits per heavy atom.